The van der Waals surface area contributed by atoms with Crippen LogP contribution in [-0.4, -0.2) is 12.6 Å². The van der Waals surface area contributed by atoms with E-state index in [1.165, 1.54) is 6.92 Å². The lowest BCUT2D eigenvalue weighted by atomic mass is 10.1. The van der Waals surface area contributed by atoms with Crippen LogP contribution in [0.1, 0.15) is 26.2 Å². The lowest BCUT2D eigenvalue weighted by molar-refractivity contribution is -0.140. The largest absolute Gasteiger partial charge is 0.466 e. The van der Waals surface area contributed by atoms with Crippen LogP contribution < -0.4 is 0 Å². The maximum Gasteiger partial charge on any atom is 0.302 e. The van der Waals surface area contributed by atoms with Gasteiger partial charge in [0.1, 0.15) is 0 Å². The van der Waals surface area contributed by atoms with Gasteiger partial charge in [-0.05, 0) is 12.8 Å². The molecule has 0 rings (SSSR count). The molecule has 0 amide bonds. The van der Waals surface area contributed by atoms with Crippen molar-refractivity contribution in [2.45, 2.75) is 26.2 Å². The first-order valence-electron chi connectivity index (χ1n) is 4.07. The minimum Gasteiger partial charge on any atom is -0.466 e. The molecular formula is C10H16O2. The quantitative estimate of drug-likeness (QED) is 0.450. The fourth-order valence-corrected chi connectivity index (χ4v) is 0.770. The van der Waals surface area contributed by atoms with Gasteiger partial charge in [-0.1, -0.05) is 18.2 Å². The van der Waals surface area contributed by atoms with Crippen LogP contribution in [0, 0.1) is 0 Å². The number of hydrogen-bond acceptors (Lipinski definition) is 2. The third-order valence-electron chi connectivity index (χ3n) is 1.46. The van der Waals surface area contributed by atoms with Crippen molar-refractivity contribution in [2.24, 2.45) is 0 Å². The summed E-state index contributed by atoms with van der Waals surface area (Å²) in [4.78, 5) is 10.4. The Bertz CT molecular complexity index is 171. The van der Waals surface area contributed by atoms with Gasteiger partial charge in [-0.25, -0.2) is 0 Å². The third kappa shape index (κ3) is 7.06. The monoisotopic (exact) mass is 168 g/mol. The summed E-state index contributed by atoms with van der Waals surface area (Å²) in [6.45, 7) is 9.32. The second kappa shape index (κ2) is 6.65. The number of hydrogen-bond donors (Lipinski definition) is 0. The molecule has 0 aromatic heterocycles. The smallest absolute Gasteiger partial charge is 0.302 e. The van der Waals surface area contributed by atoms with Crippen LogP contribution >= 0.6 is 0 Å². The van der Waals surface area contributed by atoms with E-state index in [1.54, 1.807) is 0 Å². The van der Waals surface area contributed by atoms with E-state index in [-0.39, 0.29) is 5.97 Å². The topological polar surface area (TPSA) is 26.3 Å². The van der Waals surface area contributed by atoms with Gasteiger partial charge in [0.2, 0.25) is 0 Å². The first kappa shape index (κ1) is 11.0. The van der Waals surface area contributed by atoms with Crippen molar-refractivity contribution in [1.29, 1.82) is 0 Å². The van der Waals surface area contributed by atoms with Crippen molar-refractivity contribution < 1.29 is 9.53 Å². The summed E-state index contributed by atoms with van der Waals surface area (Å²) in [5, 5.41) is 0. The van der Waals surface area contributed by atoms with Gasteiger partial charge in [-0.2, -0.15) is 0 Å². The molecule has 0 aromatic carbocycles. The Labute approximate surface area is 73.9 Å². The highest BCUT2D eigenvalue weighted by atomic mass is 16.5. The van der Waals surface area contributed by atoms with Gasteiger partial charge in [0.15, 0.2) is 0 Å². The Balaban J connectivity index is 3.31. The van der Waals surface area contributed by atoms with Crippen LogP contribution in [0.15, 0.2) is 24.8 Å². The molecule has 68 valence electrons. The predicted molar refractivity (Wildman–Crippen MR) is 49.8 cm³/mol. The van der Waals surface area contributed by atoms with E-state index in [2.05, 4.69) is 13.2 Å². The Kier molecular flexibility index (Phi) is 6.07. The normalized spacial score (nSPS) is 9.08. The maximum atomic E-state index is 10.4. The van der Waals surface area contributed by atoms with Crippen LogP contribution in [0.25, 0.3) is 0 Å². The summed E-state index contributed by atoms with van der Waals surface area (Å²) < 4.78 is 4.77. The molecule has 0 spiro atoms. The molecule has 0 unspecified atom stereocenters. The molecule has 0 atom stereocenters. The van der Waals surface area contributed by atoms with Gasteiger partial charge in [-0.3, -0.25) is 4.79 Å². The molecule has 0 saturated carbocycles. The molecule has 2 heteroatoms. The van der Waals surface area contributed by atoms with Crippen molar-refractivity contribution in [3.63, 3.8) is 0 Å². The van der Waals surface area contributed by atoms with Crippen LogP contribution in [0.2, 0.25) is 0 Å². The van der Waals surface area contributed by atoms with Crippen molar-refractivity contribution in [2.75, 3.05) is 6.61 Å². The van der Waals surface area contributed by atoms with E-state index in [1.807, 2.05) is 6.08 Å². The zero-order valence-corrected chi connectivity index (χ0v) is 7.64. The third-order valence-corrected chi connectivity index (χ3v) is 1.46. The van der Waals surface area contributed by atoms with E-state index >= 15 is 0 Å². The summed E-state index contributed by atoms with van der Waals surface area (Å²) in [6.07, 6.45) is 4.49. The van der Waals surface area contributed by atoms with E-state index in [0.717, 1.165) is 24.8 Å². The highest BCUT2D eigenvalue weighted by Crippen LogP contribution is 2.07. The molecule has 0 radical (unpaired) electrons. The van der Waals surface area contributed by atoms with E-state index in [4.69, 9.17) is 4.74 Å². The van der Waals surface area contributed by atoms with Crippen LogP contribution in [0.5, 0.6) is 0 Å². The second-order valence-corrected chi connectivity index (χ2v) is 2.67. The SMILES string of the molecule is C=CCCC(=C)CCOC(C)=O. The zero-order valence-electron chi connectivity index (χ0n) is 7.64. The van der Waals surface area contributed by atoms with Gasteiger partial charge in [-0.15, -0.1) is 6.58 Å². The fraction of sp³-hybridized carbons (Fsp3) is 0.500. The maximum absolute atomic E-state index is 10.4. The Morgan fingerprint density at radius 3 is 2.67 bits per heavy atom. The van der Waals surface area contributed by atoms with Crippen LogP contribution in [-0.2, 0) is 9.53 Å². The van der Waals surface area contributed by atoms with Gasteiger partial charge < -0.3 is 4.74 Å². The average molecular weight is 168 g/mol. The molecule has 0 bridgehead atoms. The first-order valence-corrected chi connectivity index (χ1v) is 4.07. The minimum atomic E-state index is -0.230. The molecule has 0 saturated heterocycles. The standard InChI is InChI=1S/C10H16O2/c1-4-5-6-9(2)7-8-12-10(3)11/h4H,1-2,5-8H2,3H3. The second-order valence-electron chi connectivity index (χ2n) is 2.67. The first-order chi connectivity index (χ1) is 5.66. The molecule has 0 aliphatic rings. The van der Waals surface area contributed by atoms with E-state index in [9.17, 15) is 4.79 Å². The van der Waals surface area contributed by atoms with Gasteiger partial charge >= 0.3 is 5.97 Å². The number of carbonyl (C=O) groups is 1. The van der Waals surface area contributed by atoms with E-state index in [0.29, 0.717) is 6.61 Å². The van der Waals surface area contributed by atoms with Gasteiger partial charge in [0.05, 0.1) is 6.61 Å². The predicted octanol–water partition coefficient (Wildman–Crippen LogP) is 2.46. The lowest BCUT2D eigenvalue weighted by Crippen LogP contribution is -2.01. The highest BCUT2D eigenvalue weighted by Gasteiger charge is 1.95. The number of rotatable bonds is 6. The number of carbonyl (C=O) groups excluding carboxylic acids is 1. The number of esters is 1. The Morgan fingerprint density at radius 1 is 1.50 bits per heavy atom. The average Bonchev–Trinajstić information content (AvgIpc) is 2.00. The molecular weight excluding hydrogens is 152 g/mol. The number of ether oxygens (including phenoxy) is 1. The molecule has 0 aliphatic carbocycles. The highest BCUT2D eigenvalue weighted by molar-refractivity contribution is 5.65. The zero-order chi connectivity index (χ0) is 9.40. The van der Waals surface area contributed by atoms with Crippen molar-refractivity contribution in [3.05, 3.63) is 24.8 Å². The Hall–Kier alpha value is -1.05. The summed E-state index contributed by atoms with van der Waals surface area (Å²) in [5.41, 5.74) is 1.11. The summed E-state index contributed by atoms with van der Waals surface area (Å²) in [7, 11) is 0. The Morgan fingerprint density at radius 2 is 2.17 bits per heavy atom. The van der Waals surface area contributed by atoms with Crippen molar-refractivity contribution in [1.82, 2.24) is 0 Å². The molecule has 0 N–H and O–H groups in total. The lowest BCUT2D eigenvalue weighted by Gasteiger charge is -2.03. The van der Waals surface area contributed by atoms with Crippen LogP contribution in [0.4, 0.5) is 0 Å². The summed E-state index contributed by atoms with van der Waals surface area (Å²) in [6, 6.07) is 0. The summed E-state index contributed by atoms with van der Waals surface area (Å²) >= 11 is 0. The number of allylic oxidation sites excluding steroid dienone is 1. The molecule has 0 heterocycles. The molecule has 2 nitrogen and oxygen atoms in total. The van der Waals surface area contributed by atoms with Gasteiger partial charge in [0.25, 0.3) is 0 Å². The van der Waals surface area contributed by atoms with E-state index < -0.39 is 0 Å². The van der Waals surface area contributed by atoms with Crippen LogP contribution in [0.3, 0.4) is 0 Å². The van der Waals surface area contributed by atoms with Crippen molar-refractivity contribution >= 4 is 5.97 Å². The fourth-order valence-electron chi connectivity index (χ4n) is 0.770. The molecule has 0 aromatic rings. The van der Waals surface area contributed by atoms with Crippen molar-refractivity contribution in [3.8, 4) is 0 Å². The molecule has 0 fully saturated rings. The summed E-state index contributed by atoms with van der Waals surface area (Å²) in [5.74, 6) is -0.230. The molecule has 0 aliphatic heterocycles. The molecule has 12 heavy (non-hydrogen) atoms. The minimum absolute atomic E-state index is 0.230. The van der Waals surface area contributed by atoms with Gasteiger partial charge in [0, 0.05) is 13.3 Å².